The number of pyridine rings is 1. The monoisotopic (exact) mass is 260 g/mol. The van der Waals surface area contributed by atoms with Crippen molar-refractivity contribution < 1.29 is 4.79 Å². The number of hydrogen-bond acceptors (Lipinski definition) is 2. The van der Waals surface area contributed by atoms with Gasteiger partial charge in [-0.25, -0.2) is 0 Å². The molecule has 0 saturated heterocycles. The standard InChI is InChI=1S/C14H13ClN2O/c1-2-7-16-14(18)9-12-6-4-10-3-5-11(15)8-13(10)17-12/h2-6,8H,1,7,9H2,(H,16,18). The van der Waals surface area contributed by atoms with E-state index in [1.165, 1.54) is 0 Å². The molecule has 2 rings (SSSR count). The van der Waals surface area contributed by atoms with Gasteiger partial charge in [-0.1, -0.05) is 29.8 Å². The molecule has 1 aromatic heterocycles. The Balaban J connectivity index is 2.19. The lowest BCUT2D eigenvalue weighted by Crippen LogP contribution is -2.25. The molecule has 1 N–H and O–H groups in total. The van der Waals surface area contributed by atoms with Gasteiger partial charge in [0.2, 0.25) is 5.91 Å². The number of aromatic nitrogens is 1. The second-order valence-electron chi connectivity index (χ2n) is 3.91. The molecule has 3 nitrogen and oxygen atoms in total. The fourth-order valence-electron chi connectivity index (χ4n) is 1.64. The first-order valence-electron chi connectivity index (χ1n) is 5.62. The van der Waals surface area contributed by atoms with Crippen molar-refractivity contribution in [3.05, 3.63) is 53.7 Å². The van der Waals surface area contributed by atoms with Gasteiger partial charge in [-0.3, -0.25) is 9.78 Å². The van der Waals surface area contributed by atoms with Gasteiger partial charge in [0, 0.05) is 17.0 Å². The van der Waals surface area contributed by atoms with E-state index in [-0.39, 0.29) is 12.3 Å². The summed E-state index contributed by atoms with van der Waals surface area (Å²) in [6.45, 7) is 4.02. The Bertz CT molecular complexity index is 595. The maximum atomic E-state index is 11.5. The summed E-state index contributed by atoms with van der Waals surface area (Å²) in [5.41, 5.74) is 1.53. The Kier molecular flexibility index (Phi) is 3.95. The van der Waals surface area contributed by atoms with E-state index in [9.17, 15) is 4.79 Å². The van der Waals surface area contributed by atoms with Crippen molar-refractivity contribution in [2.45, 2.75) is 6.42 Å². The van der Waals surface area contributed by atoms with E-state index in [4.69, 9.17) is 11.6 Å². The van der Waals surface area contributed by atoms with Crippen molar-refractivity contribution in [1.82, 2.24) is 10.3 Å². The average molecular weight is 261 g/mol. The lowest BCUT2D eigenvalue weighted by atomic mass is 10.2. The molecule has 4 heteroatoms. The van der Waals surface area contributed by atoms with Crippen molar-refractivity contribution in [2.75, 3.05) is 6.54 Å². The first kappa shape index (κ1) is 12.6. The van der Waals surface area contributed by atoms with Crippen LogP contribution in [0.3, 0.4) is 0 Å². The van der Waals surface area contributed by atoms with Gasteiger partial charge in [0.1, 0.15) is 0 Å². The molecule has 18 heavy (non-hydrogen) atoms. The van der Waals surface area contributed by atoms with Crippen molar-refractivity contribution >= 4 is 28.4 Å². The Morgan fingerprint density at radius 1 is 1.39 bits per heavy atom. The van der Waals surface area contributed by atoms with Gasteiger partial charge < -0.3 is 5.32 Å². The molecule has 0 saturated carbocycles. The van der Waals surface area contributed by atoms with Gasteiger partial charge in [-0.15, -0.1) is 6.58 Å². The first-order valence-corrected chi connectivity index (χ1v) is 5.99. The van der Waals surface area contributed by atoms with Gasteiger partial charge in [0.25, 0.3) is 0 Å². The number of benzene rings is 1. The molecule has 0 aliphatic rings. The normalized spacial score (nSPS) is 10.3. The molecule has 92 valence electrons. The Hall–Kier alpha value is -1.87. The van der Waals surface area contributed by atoms with Crippen LogP contribution in [0.2, 0.25) is 5.02 Å². The van der Waals surface area contributed by atoms with Crippen LogP contribution < -0.4 is 5.32 Å². The molecule has 0 spiro atoms. The third-order valence-electron chi connectivity index (χ3n) is 2.50. The highest BCUT2D eigenvalue weighted by molar-refractivity contribution is 6.31. The topological polar surface area (TPSA) is 42.0 Å². The van der Waals surface area contributed by atoms with Crippen molar-refractivity contribution in [1.29, 1.82) is 0 Å². The molecule has 0 radical (unpaired) electrons. The first-order chi connectivity index (χ1) is 8.69. The largest absolute Gasteiger partial charge is 0.352 e. The molecule has 0 bridgehead atoms. The fourth-order valence-corrected chi connectivity index (χ4v) is 1.81. The Morgan fingerprint density at radius 3 is 2.94 bits per heavy atom. The average Bonchev–Trinajstić information content (AvgIpc) is 2.36. The summed E-state index contributed by atoms with van der Waals surface area (Å²) in [7, 11) is 0. The highest BCUT2D eigenvalue weighted by Crippen LogP contribution is 2.18. The number of halogens is 1. The van der Waals surface area contributed by atoms with E-state index in [2.05, 4.69) is 16.9 Å². The van der Waals surface area contributed by atoms with E-state index < -0.39 is 0 Å². The second-order valence-corrected chi connectivity index (χ2v) is 4.35. The summed E-state index contributed by atoms with van der Waals surface area (Å²) in [4.78, 5) is 16.0. The lowest BCUT2D eigenvalue weighted by Gasteiger charge is -2.04. The van der Waals surface area contributed by atoms with E-state index in [1.807, 2.05) is 24.3 Å². The quantitative estimate of drug-likeness (QED) is 0.859. The van der Waals surface area contributed by atoms with Crippen LogP contribution >= 0.6 is 11.6 Å². The van der Waals surface area contributed by atoms with E-state index in [1.54, 1.807) is 12.1 Å². The van der Waals surface area contributed by atoms with E-state index >= 15 is 0 Å². The molecule has 0 aliphatic heterocycles. The molecule has 1 heterocycles. The molecule has 0 aliphatic carbocycles. The molecule has 0 unspecified atom stereocenters. The minimum atomic E-state index is -0.0659. The van der Waals surface area contributed by atoms with Crippen LogP contribution in [0.25, 0.3) is 10.9 Å². The van der Waals surface area contributed by atoms with Crippen LogP contribution in [0.5, 0.6) is 0 Å². The van der Waals surface area contributed by atoms with Crippen LogP contribution in [0.1, 0.15) is 5.69 Å². The fraction of sp³-hybridized carbons (Fsp3) is 0.143. The van der Waals surface area contributed by atoms with E-state index in [0.29, 0.717) is 11.6 Å². The Morgan fingerprint density at radius 2 is 2.17 bits per heavy atom. The minimum absolute atomic E-state index is 0.0659. The number of rotatable bonds is 4. The highest BCUT2D eigenvalue weighted by atomic mass is 35.5. The number of nitrogens with one attached hydrogen (secondary N) is 1. The van der Waals surface area contributed by atoms with Crippen molar-refractivity contribution in [2.24, 2.45) is 0 Å². The summed E-state index contributed by atoms with van der Waals surface area (Å²) >= 11 is 5.91. The number of carbonyl (C=O) groups is 1. The van der Waals surface area contributed by atoms with Crippen LogP contribution in [0.15, 0.2) is 43.0 Å². The lowest BCUT2D eigenvalue weighted by molar-refractivity contribution is -0.120. The van der Waals surface area contributed by atoms with Gasteiger partial charge in [0.15, 0.2) is 0 Å². The highest BCUT2D eigenvalue weighted by Gasteiger charge is 2.04. The molecule has 1 amide bonds. The predicted molar refractivity (Wildman–Crippen MR) is 73.7 cm³/mol. The SMILES string of the molecule is C=CCNC(=O)Cc1ccc2ccc(Cl)cc2n1. The maximum absolute atomic E-state index is 11.5. The number of nitrogens with zero attached hydrogens (tertiary/aromatic N) is 1. The zero-order valence-corrected chi connectivity index (χ0v) is 10.6. The van der Waals surface area contributed by atoms with Crippen LogP contribution in [-0.2, 0) is 11.2 Å². The van der Waals surface area contributed by atoms with E-state index in [0.717, 1.165) is 16.6 Å². The maximum Gasteiger partial charge on any atom is 0.226 e. The van der Waals surface area contributed by atoms with Gasteiger partial charge in [0.05, 0.1) is 17.6 Å². The summed E-state index contributed by atoms with van der Waals surface area (Å²) in [6, 6.07) is 9.31. The molecule has 2 aromatic rings. The number of amides is 1. The molecule has 1 aromatic carbocycles. The van der Waals surface area contributed by atoms with Crippen molar-refractivity contribution in [3.63, 3.8) is 0 Å². The predicted octanol–water partition coefficient (Wildman–Crippen LogP) is 2.73. The van der Waals surface area contributed by atoms with Crippen LogP contribution in [0, 0.1) is 0 Å². The zero-order chi connectivity index (χ0) is 13.0. The van der Waals surface area contributed by atoms with Crippen LogP contribution in [-0.4, -0.2) is 17.4 Å². The number of carbonyl (C=O) groups excluding carboxylic acids is 1. The molecular weight excluding hydrogens is 248 g/mol. The number of hydrogen-bond donors (Lipinski definition) is 1. The minimum Gasteiger partial charge on any atom is -0.352 e. The van der Waals surface area contributed by atoms with Gasteiger partial charge in [-0.05, 0) is 18.2 Å². The summed E-state index contributed by atoms with van der Waals surface area (Å²) in [6.07, 6.45) is 1.90. The van der Waals surface area contributed by atoms with Crippen molar-refractivity contribution in [3.8, 4) is 0 Å². The summed E-state index contributed by atoms with van der Waals surface area (Å²) < 4.78 is 0. The van der Waals surface area contributed by atoms with Gasteiger partial charge in [-0.2, -0.15) is 0 Å². The zero-order valence-electron chi connectivity index (χ0n) is 9.82. The van der Waals surface area contributed by atoms with Crippen LogP contribution in [0.4, 0.5) is 0 Å². The second kappa shape index (κ2) is 5.65. The third kappa shape index (κ3) is 3.08. The summed E-state index contributed by atoms with van der Waals surface area (Å²) in [5, 5.41) is 4.37. The molecular formula is C14H13ClN2O. The Labute approximate surface area is 110 Å². The van der Waals surface area contributed by atoms with Gasteiger partial charge >= 0.3 is 0 Å². The smallest absolute Gasteiger partial charge is 0.226 e. The molecule has 0 atom stereocenters. The third-order valence-corrected chi connectivity index (χ3v) is 2.73. The number of fused-ring (bicyclic) bond motifs is 1. The summed E-state index contributed by atoms with van der Waals surface area (Å²) in [5.74, 6) is -0.0659. The molecule has 0 fully saturated rings.